The first kappa shape index (κ1) is 7.22. The van der Waals surface area contributed by atoms with E-state index in [9.17, 15) is 4.39 Å². The van der Waals surface area contributed by atoms with Crippen LogP contribution < -0.4 is 5.73 Å². The van der Waals surface area contributed by atoms with Gasteiger partial charge in [0.15, 0.2) is 0 Å². The molecule has 10 heavy (non-hydrogen) atoms. The fourth-order valence-electron chi connectivity index (χ4n) is 0.791. The van der Waals surface area contributed by atoms with E-state index < -0.39 is 0 Å². The molecule has 0 heterocycles. The Kier molecular flexibility index (Phi) is 2.40. The highest BCUT2D eigenvalue weighted by molar-refractivity contribution is 5.18. The van der Waals surface area contributed by atoms with Gasteiger partial charge in [-0.25, -0.2) is 4.39 Å². The number of rotatable bonds is 2. The van der Waals surface area contributed by atoms with Crippen molar-refractivity contribution >= 4 is 0 Å². The van der Waals surface area contributed by atoms with Gasteiger partial charge in [-0.2, -0.15) is 0 Å². The number of hydrogen-bond donors (Lipinski definition) is 1. The van der Waals surface area contributed by atoms with Gasteiger partial charge in [-0.3, -0.25) is 0 Å². The highest BCUT2D eigenvalue weighted by atomic mass is 19.1. The topological polar surface area (TPSA) is 26.0 Å². The van der Waals surface area contributed by atoms with Crippen LogP contribution in [0.2, 0.25) is 0 Å². The van der Waals surface area contributed by atoms with Crippen LogP contribution >= 0.6 is 0 Å². The van der Waals surface area contributed by atoms with Gasteiger partial charge in [0.1, 0.15) is 5.82 Å². The average molecular weight is 138 g/mol. The van der Waals surface area contributed by atoms with E-state index in [1.807, 2.05) is 0 Å². The van der Waals surface area contributed by atoms with Gasteiger partial charge in [-0.05, 0) is 18.1 Å². The minimum absolute atomic E-state index is 0.191. The first-order valence-corrected chi connectivity index (χ1v) is 3.11. The second kappa shape index (κ2) is 3.32. The van der Waals surface area contributed by atoms with E-state index in [2.05, 4.69) is 0 Å². The summed E-state index contributed by atoms with van der Waals surface area (Å²) in [4.78, 5) is 0. The van der Waals surface area contributed by atoms with Gasteiger partial charge < -0.3 is 5.73 Å². The molecule has 0 amide bonds. The molecule has 0 saturated heterocycles. The van der Waals surface area contributed by atoms with Gasteiger partial charge in [-0.15, -0.1) is 0 Å². The minimum Gasteiger partial charge on any atom is -0.326 e. The quantitative estimate of drug-likeness (QED) is 0.658. The van der Waals surface area contributed by atoms with Gasteiger partial charge in [0.05, 0.1) is 0 Å². The Morgan fingerprint density at radius 2 is 2.10 bits per heavy atom. The molecule has 0 bridgehead atoms. The summed E-state index contributed by atoms with van der Waals surface area (Å²) in [6, 6.07) is 6.61. The van der Waals surface area contributed by atoms with Gasteiger partial charge in [0, 0.05) is 6.54 Å². The third-order valence-electron chi connectivity index (χ3n) is 1.30. The molecule has 0 aliphatic carbocycles. The largest absolute Gasteiger partial charge is 0.326 e. The Morgan fingerprint density at radius 3 is 2.70 bits per heavy atom. The molecule has 1 rings (SSSR count). The lowest BCUT2D eigenvalue weighted by atomic mass is 10.1. The molecule has 1 aromatic rings. The normalized spacial score (nSPS) is 9.80. The summed E-state index contributed by atoms with van der Waals surface area (Å²) in [5.41, 5.74) is 5.78. The van der Waals surface area contributed by atoms with Crippen LogP contribution in [0.5, 0.6) is 0 Å². The van der Waals surface area contributed by atoms with E-state index >= 15 is 0 Å². The van der Waals surface area contributed by atoms with Crippen LogP contribution in [0.25, 0.3) is 0 Å². The number of benzene rings is 1. The molecule has 0 saturated carbocycles. The van der Waals surface area contributed by atoms with Gasteiger partial charge in [0.25, 0.3) is 0 Å². The minimum atomic E-state index is -0.191. The lowest BCUT2D eigenvalue weighted by Crippen LogP contribution is -1.97. The first-order valence-electron chi connectivity index (χ1n) is 3.11. The lowest BCUT2D eigenvalue weighted by molar-refractivity contribution is 0.613. The maximum Gasteiger partial charge on any atom is 0.126 e. The molecule has 0 aliphatic rings. The molecule has 0 aliphatic heterocycles. The van der Waals surface area contributed by atoms with Crippen molar-refractivity contribution in [3.8, 4) is 0 Å². The molecule has 0 aromatic heterocycles. The molecule has 1 nitrogen and oxygen atoms in total. The Balaban J connectivity index is 2.81. The summed E-state index contributed by atoms with van der Waals surface area (Å²) < 4.78 is 12.7. The Bertz CT molecular complexity index is 210. The molecule has 0 fully saturated rings. The van der Waals surface area contributed by atoms with Crippen molar-refractivity contribution < 1.29 is 4.39 Å². The zero-order valence-electron chi connectivity index (χ0n) is 5.55. The van der Waals surface area contributed by atoms with Crippen molar-refractivity contribution in [1.29, 1.82) is 0 Å². The van der Waals surface area contributed by atoms with Crippen LogP contribution in [0.15, 0.2) is 24.3 Å². The van der Waals surface area contributed by atoms with Crippen LogP contribution in [0.1, 0.15) is 5.56 Å². The molecule has 2 N–H and O–H groups in total. The maximum absolute atomic E-state index is 12.7. The van der Waals surface area contributed by atoms with Gasteiger partial charge in [-0.1, -0.05) is 18.2 Å². The third kappa shape index (κ3) is 1.54. The molecule has 0 unspecified atom stereocenters. The van der Waals surface area contributed by atoms with E-state index in [0.29, 0.717) is 12.0 Å². The standard InChI is InChI=1S/C8H9FN/c9-8-4-2-1-3-7(8)5-6-10/h1-4,6H,5,10H2. The molecule has 1 aromatic carbocycles. The van der Waals surface area contributed by atoms with Gasteiger partial charge >= 0.3 is 0 Å². The maximum atomic E-state index is 12.7. The molecule has 0 spiro atoms. The van der Waals surface area contributed by atoms with E-state index in [0.717, 1.165) is 0 Å². The molecule has 0 atom stereocenters. The summed E-state index contributed by atoms with van der Waals surface area (Å²) >= 11 is 0. The average Bonchev–Trinajstić information content (AvgIpc) is 1.94. The highest BCUT2D eigenvalue weighted by Gasteiger charge is 1.96. The van der Waals surface area contributed by atoms with Crippen LogP contribution in [0, 0.1) is 12.4 Å². The smallest absolute Gasteiger partial charge is 0.126 e. The zero-order valence-corrected chi connectivity index (χ0v) is 5.55. The summed E-state index contributed by atoms with van der Waals surface area (Å²) in [6.45, 7) is 1.44. The van der Waals surface area contributed by atoms with Crippen molar-refractivity contribution in [3.63, 3.8) is 0 Å². The van der Waals surface area contributed by atoms with E-state index in [1.54, 1.807) is 18.2 Å². The van der Waals surface area contributed by atoms with E-state index in [4.69, 9.17) is 5.73 Å². The van der Waals surface area contributed by atoms with Crippen molar-refractivity contribution in [2.45, 2.75) is 6.42 Å². The monoisotopic (exact) mass is 138 g/mol. The molecule has 53 valence electrons. The SMILES string of the molecule is N[CH]Cc1ccccc1F. The van der Waals surface area contributed by atoms with Crippen molar-refractivity contribution in [2.75, 3.05) is 0 Å². The number of nitrogens with two attached hydrogens (primary N) is 1. The fourth-order valence-corrected chi connectivity index (χ4v) is 0.791. The molecule has 1 radical (unpaired) electrons. The van der Waals surface area contributed by atoms with Crippen molar-refractivity contribution in [1.82, 2.24) is 0 Å². The number of halogens is 1. The van der Waals surface area contributed by atoms with Gasteiger partial charge in [0.2, 0.25) is 0 Å². The second-order valence-corrected chi connectivity index (χ2v) is 2.03. The molecular formula is C8H9FN. The van der Waals surface area contributed by atoms with E-state index in [-0.39, 0.29) is 5.82 Å². The predicted octanol–water partition coefficient (Wildman–Crippen LogP) is 1.49. The molecular weight excluding hydrogens is 129 g/mol. The van der Waals surface area contributed by atoms with Crippen LogP contribution in [-0.4, -0.2) is 0 Å². The highest BCUT2D eigenvalue weighted by Crippen LogP contribution is 2.06. The van der Waals surface area contributed by atoms with Crippen LogP contribution in [-0.2, 0) is 6.42 Å². The summed E-state index contributed by atoms with van der Waals surface area (Å²) in [5.74, 6) is -0.191. The van der Waals surface area contributed by atoms with Crippen molar-refractivity contribution in [3.05, 3.63) is 42.2 Å². The Morgan fingerprint density at radius 1 is 1.40 bits per heavy atom. The lowest BCUT2D eigenvalue weighted by Gasteiger charge is -1.97. The van der Waals surface area contributed by atoms with Crippen LogP contribution in [0.3, 0.4) is 0 Å². The Hall–Kier alpha value is -0.890. The number of hydrogen-bond acceptors (Lipinski definition) is 1. The predicted molar refractivity (Wildman–Crippen MR) is 38.6 cm³/mol. The Labute approximate surface area is 59.7 Å². The fraction of sp³-hybridized carbons (Fsp3) is 0.125. The second-order valence-electron chi connectivity index (χ2n) is 2.03. The summed E-state index contributed by atoms with van der Waals surface area (Å²) in [6.07, 6.45) is 0.493. The van der Waals surface area contributed by atoms with E-state index in [1.165, 1.54) is 12.6 Å². The van der Waals surface area contributed by atoms with Crippen LogP contribution in [0.4, 0.5) is 4.39 Å². The van der Waals surface area contributed by atoms with Crippen molar-refractivity contribution in [2.24, 2.45) is 5.73 Å². The third-order valence-corrected chi connectivity index (χ3v) is 1.30. The zero-order chi connectivity index (χ0) is 7.40. The molecule has 2 heteroatoms. The first-order chi connectivity index (χ1) is 4.84. The summed E-state index contributed by atoms with van der Waals surface area (Å²) in [7, 11) is 0. The summed E-state index contributed by atoms with van der Waals surface area (Å²) in [5, 5.41) is 0.